The van der Waals surface area contributed by atoms with Crippen LogP contribution in [0.4, 0.5) is 0 Å². The molecular weight excluding hydrogens is 238 g/mol. The summed E-state index contributed by atoms with van der Waals surface area (Å²) >= 11 is 0. The predicted molar refractivity (Wildman–Crippen MR) is 68.5 cm³/mol. The Morgan fingerprint density at radius 2 is 1.94 bits per heavy atom. The van der Waals surface area contributed by atoms with Crippen LogP contribution in [0.2, 0.25) is 0 Å². The molecule has 0 radical (unpaired) electrons. The van der Waals surface area contributed by atoms with Gasteiger partial charge in [0.15, 0.2) is 0 Å². The van der Waals surface area contributed by atoms with Crippen LogP contribution in [-0.2, 0) is 10.0 Å². The lowest BCUT2D eigenvalue weighted by Crippen LogP contribution is -2.46. The molecule has 1 N–H and O–H groups in total. The van der Waals surface area contributed by atoms with E-state index in [0.29, 0.717) is 19.1 Å². The van der Waals surface area contributed by atoms with Crippen LogP contribution in [0.15, 0.2) is 0 Å². The van der Waals surface area contributed by atoms with Gasteiger partial charge in [0.1, 0.15) is 0 Å². The number of piperazine rings is 1. The zero-order valence-electron chi connectivity index (χ0n) is 10.6. The van der Waals surface area contributed by atoms with Gasteiger partial charge in [-0.2, -0.15) is 4.31 Å². The third-order valence-corrected chi connectivity index (χ3v) is 5.47. The minimum atomic E-state index is -3.04. The lowest BCUT2D eigenvalue weighted by Gasteiger charge is -2.28. The number of hydrogen-bond donors (Lipinski definition) is 1. The monoisotopic (exact) mass is 261 g/mol. The molecule has 2 fully saturated rings. The second kappa shape index (κ2) is 5.65. The Bertz CT molecular complexity index is 335. The Morgan fingerprint density at radius 1 is 1.29 bits per heavy atom. The molecule has 100 valence electrons. The first kappa shape index (κ1) is 13.3. The maximum absolute atomic E-state index is 12.2. The fourth-order valence-corrected chi connectivity index (χ4v) is 4.12. The van der Waals surface area contributed by atoms with Gasteiger partial charge in [0.2, 0.25) is 10.0 Å². The fraction of sp³-hybridized carbons (Fsp3) is 1.00. The van der Waals surface area contributed by atoms with Crippen molar-refractivity contribution in [1.82, 2.24) is 14.5 Å². The molecule has 0 bridgehead atoms. The Morgan fingerprint density at radius 3 is 2.47 bits per heavy atom. The quantitative estimate of drug-likeness (QED) is 0.714. The molecule has 0 aromatic heterocycles. The largest absolute Gasteiger partial charge is 0.314 e. The van der Waals surface area contributed by atoms with Crippen molar-refractivity contribution in [3.63, 3.8) is 0 Å². The molecule has 0 unspecified atom stereocenters. The highest BCUT2D eigenvalue weighted by Crippen LogP contribution is 2.29. The van der Waals surface area contributed by atoms with Crippen LogP contribution < -0.4 is 5.32 Å². The average molecular weight is 261 g/mol. The van der Waals surface area contributed by atoms with Crippen LogP contribution in [-0.4, -0.2) is 68.7 Å². The average Bonchev–Trinajstić information content (AvgIpc) is 3.13. The normalized spacial score (nSPS) is 23.2. The molecule has 1 aliphatic heterocycles. The Labute approximate surface area is 104 Å². The van der Waals surface area contributed by atoms with Gasteiger partial charge in [0, 0.05) is 45.3 Å². The maximum Gasteiger partial charge on any atom is 0.215 e. The van der Waals surface area contributed by atoms with E-state index in [9.17, 15) is 8.42 Å². The van der Waals surface area contributed by atoms with E-state index in [0.717, 1.165) is 39.0 Å². The van der Waals surface area contributed by atoms with Crippen LogP contribution >= 0.6 is 0 Å². The van der Waals surface area contributed by atoms with Crippen LogP contribution in [0.25, 0.3) is 0 Å². The SMILES string of the molecule is CCN(C1CC1)S(=O)(=O)CCN1CCNCC1. The van der Waals surface area contributed by atoms with Gasteiger partial charge in [0.25, 0.3) is 0 Å². The first-order chi connectivity index (χ1) is 8.13. The number of nitrogens with one attached hydrogen (secondary N) is 1. The van der Waals surface area contributed by atoms with E-state index in [-0.39, 0.29) is 5.75 Å². The highest BCUT2D eigenvalue weighted by molar-refractivity contribution is 7.89. The van der Waals surface area contributed by atoms with Crippen molar-refractivity contribution in [2.24, 2.45) is 0 Å². The van der Waals surface area contributed by atoms with E-state index >= 15 is 0 Å². The third-order valence-electron chi connectivity index (χ3n) is 3.50. The Kier molecular flexibility index (Phi) is 4.41. The number of nitrogens with zero attached hydrogens (tertiary/aromatic N) is 2. The first-order valence-electron chi connectivity index (χ1n) is 6.56. The highest BCUT2D eigenvalue weighted by atomic mass is 32.2. The van der Waals surface area contributed by atoms with Gasteiger partial charge >= 0.3 is 0 Å². The summed E-state index contributed by atoms with van der Waals surface area (Å²) in [6, 6.07) is 0.299. The molecular formula is C11H23N3O2S. The molecule has 1 saturated heterocycles. The number of sulfonamides is 1. The van der Waals surface area contributed by atoms with Crippen molar-refractivity contribution in [1.29, 1.82) is 0 Å². The summed E-state index contributed by atoms with van der Waals surface area (Å²) in [4.78, 5) is 2.23. The van der Waals surface area contributed by atoms with Gasteiger partial charge in [0.05, 0.1) is 5.75 Å². The van der Waals surface area contributed by atoms with Crippen molar-refractivity contribution in [3.05, 3.63) is 0 Å². The van der Waals surface area contributed by atoms with E-state index in [2.05, 4.69) is 10.2 Å². The fourth-order valence-electron chi connectivity index (χ4n) is 2.34. The van der Waals surface area contributed by atoms with Gasteiger partial charge < -0.3 is 5.32 Å². The summed E-state index contributed by atoms with van der Waals surface area (Å²) in [6.45, 7) is 7.10. The lowest BCUT2D eigenvalue weighted by atomic mass is 10.4. The molecule has 2 rings (SSSR count). The molecule has 0 spiro atoms. The third kappa shape index (κ3) is 3.64. The van der Waals surface area contributed by atoms with Gasteiger partial charge in [-0.3, -0.25) is 4.90 Å². The van der Waals surface area contributed by atoms with E-state index in [1.165, 1.54) is 0 Å². The standard InChI is InChI=1S/C11H23N3O2S/c1-2-14(11-3-4-11)17(15,16)10-9-13-7-5-12-6-8-13/h11-12H,2-10H2,1H3. The lowest BCUT2D eigenvalue weighted by molar-refractivity contribution is 0.252. The van der Waals surface area contributed by atoms with Gasteiger partial charge in [-0.25, -0.2) is 8.42 Å². The summed E-state index contributed by atoms with van der Waals surface area (Å²) in [7, 11) is -3.04. The molecule has 2 aliphatic rings. The zero-order valence-corrected chi connectivity index (χ0v) is 11.4. The second-order valence-electron chi connectivity index (χ2n) is 4.84. The minimum Gasteiger partial charge on any atom is -0.314 e. The van der Waals surface area contributed by atoms with Crippen molar-refractivity contribution >= 4 is 10.0 Å². The smallest absolute Gasteiger partial charge is 0.215 e. The van der Waals surface area contributed by atoms with Crippen LogP contribution in [0.1, 0.15) is 19.8 Å². The molecule has 6 heteroatoms. The predicted octanol–water partition coefficient (Wildman–Crippen LogP) is -0.294. The van der Waals surface area contributed by atoms with Crippen LogP contribution in [0, 0.1) is 0 Å². The number of rotatable bonds is 6. The molecule has 1 heterocycles. The van der Waals surface area contributed by atoms with Crippen LogP contribution in [0.3, 0.4) is 0 Å². The van der Waals surface area contributed by atoms with Gasteiger partial charge in [-0.15, -0.1) is 0 Å². The molecule has 0 atom stereocenters. The number of hydrogen-bond acceptors (Lipinski definition) is 4. The molecule has 0 amide bonds. The first-order valence-corrected chi connectivity index (χ1v) is 8.17. The molecule has 1 saturated carbocycles. The summed E-state index contributed by atoms with van der Waals surface area (Å²) in [5, 5.41) is 3.27. The van der Waals surface area contributed by atoms with Crippen molar-refractivity contribution in [3.8, 4) is 0 Å². The van der Waals surface area contributed by atoms with E-state index in [4.69, 9.17) is 0 Å². The van der Waals surface area contributed by atoms with E-state index in [1.54, 1.807) is 4.31 Å². The summed E-state index contributed by atoms with van der Waals surface area (Å²) in [5.74, 6) is 0.275. The van der Waals surface area contributed by atoms with E-state index in [1.807, 2.05) is 6.92 Å². The minimum absolute atomic E-state index is 0.275. The molecule has 5 nitrogen and oxygen atoms in total. The van der Waals surface area contributed by atoms with Crippen molar-refractivity contribution in [2.45, 2.75) is 25.8 Å². The molecule has 0 aromatic carbocycles. The highest BCUT2D eigenvalue weighted by Gasteiger charge is 2.35. The maximum atomic E-state index is 12.2. The topological polar surface area (TPSA) is 52.7 Å². The van der Waals surface area contributed by atoms with Crippen molar-refractivity contribution < 1.29 is 8.42 Å². The molecule has 0 aromatic rings. The summed E-state index contributed by atoms with van der Waals surface area (Å²) in [5.41, 5.74) is 0. The van der Waals surface area contributed by atoms with Gasteiger partial charge in [-0.1, -0.05) is 6.92 Å². The summed E-state index contributed by atoms with van der Waals surface area (Å²) < 4.78 is 26.0. The van der Waals surface area contributed by atoms with Gasteiger partial charge in [-0.05, 0) is 12.8 Å². The zero-order chi connectivity index (χ0) is 12.3. The Balaban J connectivity index is 1.83. The summed E-state index contributed by atoms with van der Waals surface area (Å²) in [6.07, 6.45) is 2.08. The Hall–Kier alpha value is -0.170. The second-order valence-corrected chi connectivity index (χ2v) is 6.88. The molecule has 17 heavy (non-hydrogen) atoms. The van der Waals surface area contributed by atoms with Crippen LogP contribution in [0.5, 0.6) is 0 Å². The molecule has 1 aliphatic carbocycles. The van der Waals surface area contributed by atoms with Crippen molar-refractivity contribution in [2.75, 3.05) is 45.0 Å². The van der Waals surface area contributed by atoms with E-state index < -0.39 is 10.0 Å².